The molecule has 0 aliphatic rings. The van der Waals surface area contributed by atoms with Crippen molar-refractivity contribution in [3.05, 3.63) is 11.4 Å². The van der Waals surface area contributed by atoms with E-state index in [-0.39, 0.29) is 6.10 Å². The monoisotopic (exact) mass is 252 g/mol. The van der Waals surface area contributed by atoms with Gasteiger partial charge in [0.05, 0.1) is 6.10 Å². The lowest BCUT2D eigenvalue weighted by atomic mass is 10.2. The van der Waals surface area contributed by atoms with Crippen molar-refractivity contribution in [3.63, 3.8) is 0 Å². The van der Waals surface area contributed by atoms with Crippen molar-refractivity contribution in [2.75, 3.05) is 24.2 Å². The van der Waals surface area contributed by atoms with Gasteiger partial charge in [-0.05, 0) is 26.7 Å². The smallest absolute Gasteiger partial charge is 0.134 e. The molecule has 5 heteroatoms. The van der Waals surface area contributed by atoms with Crippen molar-refractivity contribution in [3.8, 4) is 0 Å². The van der Waals surface area contributed by atoms with Gasteiger partial charge in [0.25, 0.3) is 0 Å². The predicted molar refractivity (Wildman–Crippen MR) is 75.1 cm³/mol. The summed E-state index contributed by atoms with van der Waals surface area (Å²) in [7, 11) is 1.87. The highest BCUT2D eigenvalue weighted by Crippen LogP contribution is 2.19. The second-order valence-corrected chi connectivity index (χ2v) is 4.48. The van der Waals surface area contributed by atoms with Crippen LogP contribution >= 0.6 is 0 Å². The predicted octanol–water partition coefficient (Wildman–Crippen LogP) is 1.96. The Balaban J connectivity index is 2.68. The summed E-state index contributed by atoms with van der Waals surface area (Å²) in [5, 5.41) is 15.6. The van der Waals surface area contributed by atoms with E-state index < -0.39 is 0 Å². The van der Waals surface area contributed by atoms with Crippen LogP contribution in [0.3, 0.4) is 0 Å². The lowest BCUT2D eigenvalue weighted by molar-refractivity contribution is 0.183. The van der Waals surface area contributed by atoms with Gasteiger partial charge in [-0.25, -0.2) is 9.97 Å². The Morgan fingerprint density at radius 3 is 2.50 bits per heavy atom. The minimum atomic E-state index is -0.239. The summed E-state index contributed by atoms with van der Waals surface area (Å²) < 4.78 is 0. The van der Waals surface area contributed by atoms with Crippen LogP contribution in [0.5, 0.6) is 0 Å². The molecule has 0 fully saturated rings. The number of aliphatic hydroxyl groups is 1. The van der Waals surface area contributed by atoms with Gasteiger partial charge in [-0.1, -0.05) is 6.92 Å². The van der Waals surface area contributed by atoms with Crippen LogP contribution < -0.4 is 10.6 Å². The van der Waals surface area contributed by atoms with Gasteiger partial charge < -0.3 is 15.7 Å². The molecule has 1 aromatic heterocycles. The zero-order valence-electron chi connectivity index (χ0n) is 11.7. The number of nitrogens with zero attached hydrogens (tertiary/aromatic N) is 2. The minimum Gasteiger partial charge on any atom is -0.393 e. The van der Waals surface area contributed by atoms with Gasteiger partial charge in [0.2, 0.25) is 0 Å². The van der Waals surface area contributed by atoms with Crippen molar-refractivity contribution < 1.29 is 5.11 Å². The number of nitrogens with one attached hydrogen (secondary N) is 2. The molecule has 1 aromatic rings. The third-order valence-corrected chi connectivity index (χ3v) is 2.84. The van der Waals surface area contributed by atoms with E-state index >= 15 is 0 Å². The number of hydrogen-bond acceptors (Lipinski definition) is 5. The summed E-state index contributed by atoms with van der Waals surface area (Å²) in [6, 6.07) is 0. The quantitative estimate of drug-likeness (QED) is 0.647. The van der Waals surface area contributed by atoms with Gasteiger partial charge >= 0.3 is 0 Å². The number of aryl methyl sites for hydroxylation is 1. The summed E-state index contributed by atoms with van der Waals surface area (Å²) in [6.07, 6.45) is 2.31. The van der Waals surface area contributed by atoms with E-state index in [9.17, 15) is 5.11 Å². The molecule has 0 aromatic carbocycles. The molecule has 0 saturated carbocycles. The molecular weight excluding hydrogens is 228 g/mol. The second kappa shape index (κ2) is 7.16. The van der Waals surface area contributed by atoms with Crippen LogP contribution in [0.25, 0.3) is 0 Å². The summed E-state index contributed by atoms with van der Waals surface area (Å²) >= 11 is 0. The third kappa shape index (κ3) is 4.14. The number of aromatic nitrogens is 2. The molecule has 3 N–H and O–H groups in total. The lowest BCUT2D eigenvalue weighted by Crippen LogP contribution is -2.11. The van der Waals surface area contributed by atoms with Crippen molar-refractivity contribution in [2.45, 2.75) is 46.1 Å². The van der Waals surface area contributed by atoms with E-state index in [0.29, 0.717) is 0 Å². The van der Waals surface area contributed by atoms with Crippen LogP contribution in [0.2, 0.25) is 0 Å². The highest BCUT2D eigenvalue weighted by atomic mass is 16.3. The molecule has 0 bridgehead atoms. The minimum absolute atomic E-state index is 0.239. The Hall–Kier alpha value is -1.36. The Bertz CT molecular complexity index is 379. The maximum Gasteiger partial charge on any atom is 0.134 e. The fourth-order valence-corrected chi connectivity index (χ4v) is 1.74. The zero-order valence-corrected chi connectivity index (χ0v) is 11.7. The first kappa shape index (κ1) is 14.7. The van der Waals surface area contributed by atoms with E-state index in [4.69, 9.17) is 0 Å². The number of rotatable bonds is 7. The van der Waals surface area contributed by atoms with Gasteiger partial charge in [-0.15, -0.1) is 0 Å². The second-order valence-electron chi connectivity index (χ2n) is 4.48. The van der Waals surface area contributed by atoms with Gasteiger partial charge in [0.1, 0.15) is 17.5 Å². The molecule has 0 spiro atoms. The van der Waals surface area contributed by atoms with Crippen LogP contribution in [0.4, 0.5) is 11.6 Å². The van der Waals surface area contributed by atoms with Crippen LogP contribution in [-0.4, -0.2) is 34.8 Å². The highest BCUT2D eigenvalue weighted by Gasteiger charge is 2.08. The van der Waals surface area contributed by atoms with Crippen molar-refractivity contribution in [1.29, 1.82) is 0 Å². The topological polar surface area (TPSA) is 70.1 Å². The molecule has 102 valence electrons. The fourth-order valence-electron chi connectivity index (χ4n) is 1.74. The largest absolute Gasteiger partial charge is 0.393 e. The highest BCUT2D eigenvalue weighted by molar-refractivity contribution is 5.56. The average Bonchev–Trinajstić information content (AvgIpc) is 2.36. The number of aliphatic hydroxyl groups excluding tert-OH is 1. The molecule has 0 aliphatic carbocycles. The van der Waals surface area contributed by atoms with Gasteiger partial charge in [0.15, 0.2) is 0 Å². The summed E-state index contributed by atoms with van der Waals surface area (Å²) in [5.74, 6) is 2.60. The molecule has 1 unspecified atom stereocenters. The zero-order chi connectivity index (χ0) is 13.5. The van der Waals surface area contributed by atoms with Crippen LogP contribution in [0, 0.1) is 6.92 Å². The SMILES string of the molecule is CCc1nc(NC)c(C)c(NCCCC(C)O)n1. The molecule has 1 heterocycles. The first-order valence-electron chi connectivity index (χ1n) is 6.55. The maximum atomic E-state index is 9.21. The average molecular weight is 252 g/mol. The van der Waals surface area contributed by atoms with Crippen molar-refractivity contribution in [2.24, 2.45) is 0 Å². The fraction of sp³-hybridized carbons (Fsp3) is 0.692. The molecule has 0 aliphatic heterocycles. The standard InChI is InChI=1S/C13H24N4O/c1-5-11-16-12(14-4)10(3)13(17-11)15-8-6-7-9(2)18/h9,18H,5-8H2,1-4H3,(H2,14,15,16,17). The molecule has 0 amide bonds. The number of anilines is 2. The molecule has 0 saturated heterocycles. The first-order chi connectivity index (χ1) is 8.58. The molecule has 1 atom stereocenters. The molecule has 0 radical (unpaired) electrons. The van der Waals surface area contributed by atoms with E-state index in [2.05, 4.69) is 20.6 Å². The Labute approximate surface area is 109 Å². The Morgan fingerprint density at radius 2 is 1.94 bits per heavy atom. The third-order valence-electron chi connectivity index (χ3n) is 2.84. The van der Waals surface area contributed by atoms with E-state index in [1.54, 1.807) is 0 Å². The van der Waals surface area contributed by atoms with E-state index in [1.807, 2.05) is 27.8 Å². The van der Waals surface area contributed by atoms with Gasteiger partial charge in [0, 0.05) is 25.6 Å². The summed E-state index contributed by atoms with van der Waals surface area (Å²) in [5.41, 5.74) is 1.03. The summed E-state index contributed by atoms with van der Waals surface area (Å²) in [6.45, 7) is 6.67. The van der Waals surface area contributed by atoms with Crippen molar-refractivity contribution in [1.82, 2.24) is 9.97 Å². The molecule has 1 rings (SSSR count). The lowest BCUT2D eigenvalue weighted by Gasteiger charge is -2.13. The Kier molecular flexibility index (Phi) is 5.85. The normalized spacial score (nSPS) is 12.3. The van der Waals surface area contributed by atoms with Gasteiger partial charge in [-0.2, -0.15) is 0 Å². The molecule has 18 heavy (non-hydrogen) atoms. The van der Waals surface area contributed by atoms with Gasteiger partial charge in [-0.3, -0.25) is 0 Å². The van der Waals surface area contributed by atoms with Crippen LogP contribution in [-0.2, 0) is 6.42 Å². The van der Waals surface area contributed by atoms with E-state index in [0.717, 1.165) is 48.8 Å². The van der Waals surface area contributed by atoms with E-state index in [1.165, 1.54) is 0 Å². The first-order valence-corrected chi connectivity index (χ1v) is 6.55. The summed E-state index contributed by atoms with van der Waals surface area (Å²) in [4.78, 5) is 8.92. The van der Waals surface area contributed by atoms with Crippen LogP contribution in [0.15, 0.2) is 0 Å². The molecule has 5 nitrogen and oxygen atoms in total. The Morgan fingerprint density at radius 1 is 1.28 bits per heavy atom. The number of hydrogen-bond donors (Lipinski definition) is 3. The molecular formula is C13H24N4O. The van der Waals surface area contributed by atoms with Crippen molar-refractivity contribution >= 4 is 11.6 Å². The van der Waals surface area contributed by atoms with Crippen LogP contribution in [0.1, 0.15) is 38.1 Å². The maximum absolute atomic E-state index is 9.21.